The number of anilines is 7. The molecule has 14 rings (SSSR count). The molecule has 4 heteroatoms. The van der Waals surface area contributed by atoms with Gasteiger partial charge in [-0.15, -0.1) is 0 Å². The van der Waals surface area contributed by atoms with E-state index in [1.807, 2.05) is 0 Å². The van der Waals surface area contributed by atoms with E-state index in [2.05, 4.69) is 336 Å². The van der Waals surface area contributed by atoms with E-state index in [0.717, 1.165) is 78.7 Å². The monoisotopic (exact) mass is 1050 g/mol. The molecule has 0 spiro atoms. The Morgan fingerprint density at radius 2 is 0.878 bits per heavy atom. The first-order valence-electron chi connectivity index (χ1n) is 28.1. The van der Waals surface area contributed by atoms with Crippen molar-refractivity contribution in [2.24, 2.45) is 0 Å². The Bertz CT molecular complexity index is 4530. The molecule has 0 amide bonds. The van der Waals surface area contributed by atoms with Crippen LogP contribution in [0.1, 0.15) is 11.1 Å². The Hall–Kier alpha value is -10.7. The van der Waals surface area contributed by atoms with Gasteiger partial charge in [0, 0.05) is 75.1 Å². The molecule has 1 aliphatic rings. The molecule has 0 radical (unpaired) electrons. The number of rotatable bonds is 11. The molecule has 0 N–H and O–H groups in total. The molecule has 12 aromatic carbocycles. The van der Waals surface area contributed by atoms with Crippen molar-refractivity contribution in [3.63, 3.8) is 0 Å². The van der Waals surface area contributed by atoms with Gasteiger partial charge in [0.05, 0.1) is 16.7 Å². The zero-order valence-electron chi connectivity index (χ0n) is 45.6. The van der Waals surface area contributed by atoms with Crippen LogP contribution in [0.3, 0.4) is 0 Å². The Balaban J connectivity index is 0.875. The molecular formula is C78H58N4. The minimum atomic E-state index is 0.674. The van der Waals surface area contributed by atoms with Gasteiger partial charge in [-0.1, -0.05) is 213 Å². The predicted octanol–water partition coefficient (Wildman–Crippen LogP) is 21.0. The highest BCUT2D eigenvalue weighted by atomic mass is 15.2. The lowest BCUT2D eigenvalue weighted by Gasteiger charge is -2.31. The first kappa shape index (κ1) is 49.6. The van der Waals surface area contributed by atoms with Gasteiger partial charge in [0.25, 0.3) is 0 Å². The Kier molecular flexibility index (Phi) is 13.0. The van der Waals surface area contributed by atoms with Crippen molar-refractivity contribution in [3.8, 4) is 39.1 Å². The summed E-state index contributed by atoms with van der Waals surface area (Å²) in [5, 5.41) is 4.73. The second-order valence-corrected chi connectivity index (χ2v) is 21.1. The summed E-state index contributed by atoms with van der Waals surface area (Å²) in [6.45, 7) is 5.54. The molecule has 0 bridgehead atoms. The lowest BCUT2D eigenvalue weighted by molar-refractivity contribution is 1.09. The highest BCUT2D eigenvalue weighted by Gasteiger charge is 2.23. The van der Waals surface area contributed by atoms with Gasteiger partial charge in [-0.25, -0.2) is 0 Å². The van der Waals surface area contributed by atoms with Crippen LogP contribution >= 0.6 is 0 Å². The zero-order valence-corrected chi connectivity index (χ0v) is 45.6. The lowest BCUT2D eigenvalue weighted by Crippen LogP contribution is -2.19. The normalized spacial score (nSPS) is 13.5. The van der Waals surface area contributed by atoms with Gasteiger partial charge in [-0.3, -0.25) is 0 Å². The van der Waals surface area contributed by atoms with Crippen LogP contribution in [-0.2, 0) is 0 Å². The van der Waals surface area contributed by atoms with Gasteiger partial charge < -0.3 is 19.3 Å². The maximum Gasteiger partial charge on any atom is 0.0542 e. The number of allylic oxidation sites excluding steroid dienone is 4. The van der Waals surface area contributed by atoms with Crippen molar-refractivity contribution >= 4 is 83.5 Å². The average Bonchev–Trinajstić information content (AvgIpc) is 3.90. The van der Waals surface area contributed by atoms with Crippen LogP contribution < -0.4 is 14.7 Å². The third-order valence-electron chi connectivity index (χ3n) is 16.1. The Labute approximate surface area is 480 Å². The van der Waals surface area contributed by atoms with E-state index >= 15 is 0 Å². The number of para-hydroxylation sites is 2. The van der Waals surface area contributed by atoms with Crippen molar-refractivity contribution in [1.82, 2.24) is 4.57 Å². The third kappa shape index (κ3) is 9.42. The molecule has 4 nitrogen and oxygen atoms in total. The number of benzene rings is 12. The van der Waals surface area contributed by atoms with Gasteiger partial charge >= 0.3 is 0 Å². The van der Waals surface area contributed by atoms with Gasteiger partial charge in [0.15, 0.2) is 0 Å². The van der Waals surface area contributed by atoms with E-state index < -0.39 is 0 Å². The van der Waals surface area contributed by atoms with Crippen LogP contribution in [0.25, 0.3) is 82.8 Å². The molecule has 0 unspecified atom stereocenters. The van der Waals surface area contributed by atoms with Crippen LogP contribution in [0.2, 0.25) is 0 Å². The van der Waals surface area contributed by atoms with Crippen molar-refractivity contribution in [3.05, 3.63) is 327 Å². The summed E-state index contributed by atoms with van der Waals surface area (Å²) in [7, 11) is 2.18. The minimum absolute atomic E-state index is 0.674. The van der Waals surface area contributed by atoms with Gasteiger partial charge in [0.1, 0.15) is 0 Å². The Morgan fingerprint density at radius 3 is 1.57 bits per heavy atom. The molecule has 0 saturated carbocycles. The van der Waals surface area contributed by atoms with Gasteiger partial charge in [-0.05, 0) is 159 Å². The van der Waals surface area contributed by atoms with Crippen molar-refractivity contribution in [2.45, 2.75) is 0 Å². The van der Waals surface area contributed by atoms with Gasteiger partial charge in [0.2, 0.25) is 0 Å². The van der Waals surface area contributed by atoms with Crippen molar-refractivity contribution < 1.29 is 0 Å². The highest BCUT2D eigenvalue weighted by Crippen LogP contribution is 2.45. The summed E-state index contributed by atoms with van der Waals surface area (Å²) >= 11 is 0. The van der Waals surface area contributed by atoms with E-state index in [4.69, 9.17) is 6.58 Å². The van der Waals surface area contributed by atoms with Crippen LogP contribution in [0.5, 0.6) is 0 Å². The number of fused-ring (bicyclic) bond motifs is 5. The first-order valence-corrected chi connectivity index (χ1v) is 28.1. The van der Waals surface area contributed by atoms with E-state index in [0.29, 0.717) is 6.54 Å². The van der Waals surface area contributed by atoms with Crippen LogP contribution in [0.15, 0.2) is 316 Å². The first-order chi connectivity index (χ1) is 40.5. The Morgan fingerprint density at radius 1 is 0.378 bits per heavy atom. The molecule has 82 heavy (non-hydrogen) atoms. The van der Waals surface area contributed by atoms with E-state index in [1.165, 1.54) is 55.1 Å². The maximum atomic E-state index is 4.86. The van der Waals surface area contributed by atoms with Crippen LogP contribution in [0.4, 0.5) is 39.8 Å². The molecule has 0 atom stereocenters. The van der Waals surface area contributed by atoms with Crippen LogP contribution in [0, 0.1) is 0 Å². The van der Waals surface area contributed by atoms with Crippen LogP contribution in [-0.4, -0.2) is 18.2 Å². The quantitative estimate of drug-likeness (QED) is 0.128. The smallest absolute Gasteiger partial charge is 0.0542 e. The van der Waals surface area contributed by atoms with E-state index in [9.17, 15) is 0 Å². The summed E-state index contributed by atoms with van der Waals surface area (Å²) in [5.41, 5.74) is 22.4. The fourth-order valence-corrected chi connectivity index (χ4v) is 11.9. The van der Waals surface area contributed by atoms with E-state index in [1.54, 1.807) is 0 Å². The molecule has 0 saturated heterocycles. The molecule has 13 aromatic rings. The SMILES string of the molecule is C=C1/C=C(c2ccc(-c3ccccc3)cc2)\C=C/CN(c2ccccc2)c2ccc(N(c3cccc(N(C)c4ccc5c(c4)c4cc(-c6ccc(-c7ccccc7)cc6)ccc4n5-c4ccccc4)c3)c3cccc4ccccc34)cc21. The van der Waals surface area contributed by atoms with Crippen molar-refractivity contribution in [1.29, 1.82) is 0 Å². The molecular weight excluding hydrogens is 993 g/mol. The predicted molar refractivity (Wildman–Crippen MR) is 350 cm³/mol. The summed E-state index contributed by atoms with van der Waals surface area (Å²) in [5.74, 6) is 0. The van der Waals surface area contributed by atoms with Gasteiger partial charge in [-0.2, -0.15) is 0 Å². The second-order valence-electron chi connectivity index (χ2n) is 21.1. The number of nitrogens with zero attached hydrogens (tertiary/aromatic N) is 4. The summed E-state index contributed by atoms with van der Waals surface area (Å²) < 4.78 is 2.40. The largest absolute Gasteiger partial charge is 0.345 e. The van der Waals surface area contributed by atoms with E-state index in [-0.39, 0.29) is 0 Å². The molecule has 1 aliphatic heterocycles. The molecule has 0 aliphatic carbocycles. The van der Waals surface area contributed by atoms with Crippen molar-refractivity contribution in [2.75, 3.05) is 28.3 Å². The minimum Gasteiger partial charge on any atom is -0.345 e. The average molecular weight is 1050 g/mol. The fourth-order valence-electron chi connectivity index (χ4n) is 11.9. The molecule has 390 valence electrons. The molecule has 2 heterocycles. The topological polar surface area (TPSA) is 14.7 Å². The number of hydrogen-bond acceptors (Lipinski definition) is 3. The number of aromatic nitrogens is 1. The molecule has 0 fully saturated rings. The number of hydrogen-bond donors (Lipinski definition) is 0. The standard InChI is InChI=1S/C78H58N4/c1-55-50-63(60-39-35-58(36-40-60)56-20-7-3-8-21-56)26-19-49-80(65-27-11-5-12-28-65)75-47-45-70(54-72(55)75)81(76-34-17-25-62-24-15-16-33-71(62)76)69-32-18-31-67(52-69)79(2)68-44-48-78-74(53-68)73-51-64(43-46-77(73)82(78)66-29-13-6-14-30-66)61-41-37-59(38-42-61)57-22-9-4-10-23-57/h3-48,50-54H,1,49H2,2H3/b26-19-,63-50+. The summed E-state index contributed by atoms with van der Waals surface area (Å²) in [4.78, 5) is 7.13. The molecule has 1 aromatic heterocycles. The third-order valence-corrected chi connectivity index (χ3v) is 16.1. The lowest BCUT2D eigenvalue weighted by atomic mass is 9.96. The zero-order chi connectivity index (χ0) is 54.9. The maximum absolute atomic E-state index is 4.86. The summed E-state index contributed by atoms with van der Waals surface area (Å²) in [6, 6.07) is 105. The summed E-state index contributed by atoms with van der Waals surface area (Å²) in [6.07, 6.45) is 6.77. The highest BCUT2D eigenvalue weighted by molar-refractivity contribution is 6.12. The fraction of sp³-hybridized carbons (Fsp3) is 0.0256. The second kappa shape index (κ2) is 21.5.